The number of H-pyrrole nitrogens is 1. The molecule has 1 aromatic heterocycles. The Bertz CT molecular complexity index is 825. The molecule has 21 heavy (non-hydrogen) atoms. The zero-order valence-electron chi connectivity index (χ0n) is 10.6. The maximum absolute atomic E-state index is 12.1. The second-order valence-electron chi connectivity index (χ2n) is 4.29. The molecular formula is C13H9N5O3. The number of nitro benzene ring substituents is 1. The number of non-ortho nitro benzene ring substituents is 1. The lowest BCUT2D eigenvalue weighted by Crippen LogP contribution is -2.11. The van der Waals surface area contributed by atoms with Crippen molar-refractivity contribution in [2.45, 2.75) is 0 Å². The number of carbonyl (C=O) groups is 1. The molecule has 1 amide bonds. The molecular weight excluding hydrogens is 274 g/mol. The number of nitrogens with zero attached hydrogens (tertiary/aromatic N) is 3. The molecule has 8 nitrogen and oxygen atoms in total. The minimum atomic E-state index is -0.496. The van der Waals surface area contributed by atoms with E-state index in [4.69, 9.17) is 0 Å². The van der Waals surface area contributed by atoms with E-state index in [1.165, 1.54) is 24.3 Å². The van der Waals surface area contributed by atoms with Crippen LogP contribution in [-0.4, -0.2) is 26.2 Å². The van der Waals surface area contributed by atoms with E-state index in [9.17, 15) is 14.9 Å². The molecule has 3 aromatic rings. The number of anilines is 1. The molecule has 0 spiro atoms. The normalized spacial score (nSPS) is 10.5. The lowest BCUT2D eigenvalue weighted by molar-refractivity contribution is -0.384. The van der Waals surface area contributed by atoms with Crippen LogP contribution < -0.4 is 5.32 Å². The molecule has 0 aliphatic carbocycles. The van der Waals surface area contributed by atoms with E-state index in [0.717, 1.165) is 0 Å². The second-order valence-corrected chi connectivity index (χ2v) is 4.29. The van der Waals surface area contributed by atoms with Crippen molar-refractivity contribution < 1.29 is 9.72 Å². The first-order valence-electron chi connectivity index (χ1n) is 6.00. The highest BCUT2D eigenvalue weighted by atomic mass is 16.6. The van der Waals surface area contributed by atoms with Crippen molar-refractivity contribution in [1.82, 2.24) is 15.4 Å². The molecule has 0 radical (unpaired) electrons. The highest BCUT2D eigenvalue weighted by Crippen LogP contribution is 2.17. The van der Waals surface area contributed by atoms with Gasteiger partial charge in [0.2, 0.25) is 0 Å². The maximum atomic E-state index is 12.1. The third kappa shape index (κ3) is 2.54. The summed E-state index contributed by atoms with van der Waals surface area (Å²) in [5.41, 5.74) is 2.13. The average Bonchev–Trinajstić information content (AvgIpc) is 2.95. The molecule has 1 heterocycles. The van der Waals surface area contributed by atoms with Gasteiger partial charge < -0.3 is 5.32 Å². The number of nitro groups is 1. The molecule has 3 rings (SSSR count). The zero-order chi connectivity index (χ0) is 14.8. The molecule has 0 unspecified atom stereocenters. The highest BCUT2D eigenvalue weighted by molar-refractivity contribution is 6.05. The Balaban J connectivity index is 1.80. The summed E-state index contributed by atoms with van der Waals surface area (Å²) in [6.45, 7) is 0. The van der Waals surface area contributed by atoms with Crippen molar-refractivity contribution in [3.63, 3.8) is 0 Å². The SMILES string of the molecule is O=C(Nc1ccc([N+](=O)[O-])cc1)c1ccc2n[nH]nc2c1. The molecule has 0 saturated heterocycles. The van der Waals surface area contributed by atoms with Crippen LogP contribution in [0.5, 0.6) is 0 Å². The zero-order valence-corrected chi connectivity index (χ0v) is 10.6. The van der Waals surface area contributed by atoms with Crippen LogP contribution in [0.25, 0.3) is 11.0 Å². The molecule has 8 heteroatoms. The fraction of sp³-hybridized carbons (Fsp3) is 0. The fourth-order valence-corrected chi connectivity index (χ4v) is 1.85. The summed E-state index contributed by atoms with van der Waals surface area (Å²) in [5, 5.41) is 23.5. The van der Waals surface area contributed by atoms with Crippen LogP contribution in [0.2, 0.25) is 0 Å². The van der Waals surface area contributed by atoms with Gasteiger partial charge in [0.05, 0.1) is 4.92 Å². The molecule has 104 valence electrons. The predicted octanol–water partition coefficient (Wildman–Crippen LogP) is 2.12. The average molecular weight is 283 g/mol. The van der Waals surface area contributed by atoms with E-state index < -0.39 is 4.92 Å². The lowest BCUT2D eigenvalue weighted by atomic mass is 10.2. The Morgan fingerprint density at radius 1 is 1.10 bits per heavy atom. The smallest absolute Gasteiger partial charge is 0.269 e. The van der Waals surface area contributed by atoms with E-state index in [-0.39, 0.29) is 11.6 Å². The van der Waals surface area contributed by atoms with E-state index in [1.54, 1.807) is 18.2 Å². The Kier molecular flexibility index (Phi) is 3.03. The van der Waals surface area contributed by atoms with Gasteiger partial charge in [-0.1, -0.05) is 0 Å². The molecule has 0 atom stereocenters. The Hall–Kier alpha value is -3.29. The van der Waals surface area contributed by atoms with Gasteiger partial charge in [0.25, 0.3) is 11.6 Å². The molecule has 2 aromatic carbocycles. The Morgan fingerprint density at radius 3 is 2.52 bits per heavy atom. The van der Waals surface area contributed by atoms with Crippen molar-refractivity contribution in [1.29, 1.82) is 0 Å². The van der Waals surface area contributed by atoms with Crippen LogP contribution in [0, 0.1) is 10.1 Å². The van der Waals surface area contributed by atoms with E-state index in [2.05, 4.69) is 20.7 Å². The molecule has 0 saturated carbocycles. The summed E-state index contributed by atoms with van der Waals surface area (Å²) < 4.78 is 0. The van der Waals surface area contributed by atoms with E-state index in [0.29, 0.717) is 22.3 Å². The van der Waals surface area contributed by atoms with Crippen LogP contribution in [0.1, 0.15) is 10.4 Å². The number of aromatic nitrogens is 3. The van der Waals surface area contributed by atoms with Gasteiger partial charge in [0.15, 0.2) is 0 Å². The number of nitrogens with one attached hydrogen (secondary N) is 2. The largest absolute Gasteiger partial charge is 0.322 e. The second kappa shape index (κ2) is 5.00. The van der Waals surface area contributed by atoms with E-state index in [1.807, 2.05) is 0 Å². The minimum absolute atomic E-state index is 0.0305. The number of benzene rings is 2. The lowest BCUT2D eigenvalue weighted by Gasteiger charge is -2.04. The molecule has 0 aliphatic heterocycles. The number of aromatic amines is 1. The number of carbonyl (C=O) groups excluding carboxylic acids is 1. The van der Waals surface area contributed by atoms with Gasteiger partial charge in [-0.3, -0.25) is 14.9 Å². The number of rotatable bonds is 3. The van der Waals surface area contributed by atoms with Gasteiger partial charge in [-0.25, -0.2) is 0 Å². The first kappa shape index (κ1) is 12.7. The fourth-order valence-electron chi connectivity index (χ4n) is 1.85. The highest BCUT2D eigenvalue weighted by Gasteiger charge is 2.10. The summed E-state index contributed by atoms with van der Waals surface area (Å²) in [6.07, 6.45) is 0. The van der Waals surface area contributed by atoms with Crippen LogP contribution >= 0.6 is 0 Å². The van der Waals surface area contributed by atoms with Gasteiger partial charge in [0.1, 0.15) is 11.0 Å². The van der Waals surface area contributed by atoms with Crippen molar-refractivity contribution in [2.24, 2.45) is 0 Å². The third-order valence-electron chi connectivity index (χ3n) is 2.91. The van der Waals surface area contributed by atoms with Gasteiger partial charge in [-0.05, 0) is 30.3 Å². The van der Waals surface area contributed by atoms with Crippen LogP contribution in [-0.2, 0) is 0 Å². The number of amides is 1. The number of hydrogen-bond acceptors (Lipinski definition) is 5. The predicted molar refractivity (Wildman–Crippen MR) is 74.9 cm³/mol. The summed E-state index contributed by atoms with van der Waals surface area (Å²) in [5.74, 6) is -0.325. The summed E-state index contributed by atoms with van der Waals surface area (Å²) in [7, 11) is 0. The quantitative estimate of drug-likeness (QED) is 0.564. The van der Waals surface area contributed by atoms with Gasteiger partial charge in [0, 0.05) is 23.4 Å². The molecule has 0 fully saturated rings. The first-order valence-corrected chi connectivity index (χ1v) is 6.00. The van der Waals surface area contributed by atoms with Crippen molar-refractivity contribution in [3.8, 4) is 0 Å². The Labute approximate surface area is 117 Å². The van der Waals surface area contributed by atoms with Crippen molar-refractivity contribution in [3.05, 3.63) is 58.1 Å². The first-order chi connectivity index (χ1) is 10.1. The van der Waals surface area contributed by atoms with Crippen LogP contribution in [0.15, 0.2) is 42.5 Å². The topological polar surface area (TPSA) is 114 Å². The standard InChI is InChI=1S/C13H9N5O3/c19-13(8-1-6-11-12(7-8)16-17-15-11)14-9-2-4-10(5-3-9)18(20)21/h1-7H,(H,14,19)(H,15,16,17). The molecule has 0 aliphatic rings. The molecule has 2 N–H and O–H groups in total. The van der Waals surface area contributed by atoms with Crippen LogP contribution in [0.4, 0.5) is 11.4 Å². The summed E-state index contributed by atoms with van der Waals surface area (Å²) in [4.78, 5) is 22.2. The van der Waals surface area contributed by atoms with Gasteiger partial charge in [-0.2, -0.15) is 15.4 Å². The molecule has 0 bridgehead atoms. The van der Waals surface area contributed by atoms with Gasteiger partial charge in [-0.15, -0.1) is 0 Å². The van der Waals surface area contributed by atoms with Gasteiger partial charge >= 0.3 is 0 Å². The number of fused-ring (bicyclic) bond motifs is 1. The number of hydrogen-bond donors (Lipinski definition) is 2. The third-order valence-corrected chi connectivity index (χ3v) is 2.91. The van der Waals surface area contributed by atoms with Crippen molar-refractivity contribution >= 4 is 28.3 Å². The Morgan fingerprint density at radius 2 is 1.81 bits per heavy atom. The minimum Gasteiger partial charge on any atom is -0.322 e. The van der Waals surface area contributed by atoms with E-state index >= 15 is 0 Å². The maximum Gasteiger partial charge on any atom is 0.269 e. The van der Waals surface area contributed by atoms with Crippen molar-refractivity contribution in [2.75, 3.05) is 5.32 Å². The summed E-state index contributed by atoms with van der Waals surface area (Å²) >= 11 is 0. The monoisotopic (exact) mass is 283 g/mol. The van der Waals surface area contributed by atoms with Crippen LogP contribution in [0.3, 0.4) is 0 Å². The summed E-state index contributed by atoms with van der Waals surface area (Å²) in [6, 6.07) is 10.5.